The van der Waals surface area contributed by atoms with Gasteiger partial charge in [-0.3, -0.25) is 9.00 Å². The molecular formula is C16H22ClNO2S. The molecule has 1 amide bonds. The lowest BCUT2D eigenvalue weighted by molar-refractivity contribution is -0.120. The Bertz CT molecular complexity index is 527. The van der Waals surface area contributed by atoms with Crippen molar-refractivity contribution in [3.05, 3.63) is 34.9 Å². The molecule has 0 saturated heterocycles. The molecule has 116 valence electrons. The van der Waals surface area contributed by atoms with E-state index < -0.39 is 10.8 Å². The van der Waals surface area contributed by atoms with Crippen molar-refractivity contribution in [2.24, 2.45) is 0 Å². The van der Waals surface area contributed by atoms with Crippen LogP contribution >= 0.6 is 11.6 Å². The van der Waals surface area contributed by atoms with Gasteiger partial charge >= 0.3 is 0 Å². The summed E-state index contributed by atoms with van der Waals surface area (Å²) in [6.07, 6.45) is 6.47. The molecule has 1 saturated carbocycles. The molecule has 1 aliphatic carbocycles. The number of rotatable bonds is 6. The predicted octanol–water partition coefficient (Wildman–Crippen LogP) is 3.04. The van der Waals surface area contributed by atoms with Crippen LogP contribution in [-0.2, 0) is 21.0 Å². The molecule has 0 heterocycles. The molecule has 1 aliphatic rings. The number of hydrogen-bond donors (Lipinski definition) is 1. The molecule has 0 bridgehead atoms. The Hall–Kier alpha value is -0.870. The van der Waals surface area contributed by atoms with Gasteiger partial charge in [-0.1, -0.05) is 36.6 Å². The van der Waals surface area contributed by atoms with Gasteiger partial charge in [0.05, 0.1) is 0 Å². The maximum absolute atomic E-state index is 11.9. The predicted molar refractivity (Wildman–Crippen MR) is 88.2 cm³/mol. The van der Waals surface area contributed by atoms with Gasteiger partial charge in [0, 0.05) is 46.2 Å². The van der Waals surface area contributed by atoms with Gasteiger partial charge in [-0.2, -0.15) is 0 Å². The minimum absolute atomic E-state index is 0.00588. The van der Waals surface area contributed by atoms with Crippen molar-refractivity contribution in [1.29, 1.82) is 0 Å². The van der Waals surface area contributed by atoms with Gasteiger partial charge in [0.1, 0.15) is 0 Å². The lowest BCUT2D eigenvalue weighted by Crippen LogP contribution is -2.39. The summed E-state index contributed by atoms with van der Waals surface area (Å²) in [7, 11) is -0.919. The molecule has 2 rings (SSSR count). The fourth-order valence-corrected chi connectivity index (χ4v) is 3.69. The maximum atomic E-state index is 11.9. The van der Waals surface area contributed by atoms with Crippen LogP contribution in [0.4, 0.5) is 0 Å². The van der Waals surface area contributed by atoms with Crippen LogP contribution < -0.4 is 5.32 Å². The lowest BCUT2D eigenvalue weighted by atomic mass is 9.79. The van der Waals surface area contributed by atoms with Crippen LogP contribution in [0.25, 0.3) is 0 Å². The monoisotopic (exact) mass is 327 g/mol. The van der Waals surface area contributed by atoms with Gasteiger partial charge in [-0.25, -0.2) is 0 Å². The lowest BCUT2D eigenvalue weighted by Gasteiger charge is -2.30. The van der Waals surface area contributed by atoms with E-state index in [2.05, 4.69) is 11.4 Å². The molecule has 1 aromatic rings. The van der Waals surface area contributed by atoms with Gasteiger partial charge in [0.25, 0.3) is 0 Å². The summed E-state index contributed by atoms with van der Waals surface area (Å²) in [5, 5.41) is 3.76. The summed E-state index contributed by atoms with van der Waals surface area (Å²) in [6.45, 7) is 0.641. The smallest absolute Gasteiger partial charge is 0.220 e. The van der Waals surface area contributed by atoms with E-state index in [1.807, 2.05) is 18.2 Å². The standard InChI is InChI=1S/C16H22ClNO2S/c1-21(20)10-7-15(19)18-12-16(8-2-3-9-16)13-5-4-6-14(17)11-13/h4-6,11H,2-3,7-10,12H2,1H3,(H,18,19). The topological polar surface area (TPSA) is 46.2 Å². The Morgan fingerprint density at radius 1 is 1.38 bits per heavy atom. The molecule has 0 spiro atoms. The van der Waals surface area contributed by atoms with E-state index in [0.29, 0.717) is 18.7 Å². The van der Waals surface area contributed by atoms with Gasteiger partial charge in [-0.15, -0.1) is 0 Å². The fraction of sp³-hybridized carbons (Fsp3) is 0.562. The van der Waals surface area contributed by atoms with E-state index in [1.165, 1.54) is 18.4 Å². The molecular weight excluding hydrogens is 306 g/mol. The molecule has 1 fully saturated rings. The summed E-state index contributed by atoms with van der Waals surface area (Å²) in [5.74, 6) is 0.411. The molecule has 5 heteroatoms. The van der Waals surface area contributed by atoms with Crippen molar-refractivity contribution in [2.75, 3.05) is 18.6 Å². The van der Waals surface area contributed by atoms with Gasteiger partial charge < -0.3 is 5.32 Å². The number of benzene rings is 1. The van der Waals surface area contributed by atoms with Gasteiger partial charge in [0.15, 0.2) is 0 Å². The van der Waals surface area contributed by atoms with E-state index in [9.17, 15) is 9.00 Å². The highest BCUT2D eigenvalue weighted by molar-refractivity contribution is 7.84. The highest BCUT2D eigenvalue weighted by Gasteiger charge is 2.35. The van der Waals surface area contributed by atoms with Gasteiger partial charge in [-0.05, 0) is 30.5 Å². The average molecular weight is 328 g/mol. The Morgan fingerprint density at radius 3 is 2.71 bits per heavy atom. The maximum Gasteiger partial charge on any atom is 0.220 e. The molecule has 1 unspecified atom stereocenters. The Balaban J connectivity index is 2.02. The summed E-state index contributed by atoms with van der Waals surface area (Å²) in [4.78, 5) is 11.9. The molecule has 0 aliphatic heterocycles. The third-order valence-electron chi connectivity index (χ3n) is 4.24. The number of carbonyl (C=O) groups is 1. The molecule has 1 N–H and O–H groups in total. The van der Waals surface area contributed by atoms with Crippen LogP contribution in [0.2, 0.25) is 5.02 Å². The summed E-state index contributed by atoms with van der Waals surface area (Å²) in [5.41, 5.74) is 1.22. The van der Waals surface area contributed by atoms with Crippen LogP contribution in [0.15, 0.2) is 24.3 Å². The number of halogens is 1. The zero-order valence-electron chi connectivity index (χ0n) is 12.4. The van der Waals surface area contributed by atoms with Crippen molar-refractivity contribution in [3.8, 4) is 0 Å². The normalized spacial score (nSPS) is 18.4. The quantitative estimate of drug-likeness (QED) is 0.873. The molecule has 1 aromatic carbocycles. The molecule has 1 atom stereocenters. The Kier molecular flexibility index (Phi) is 5.82. The number of hydrogen-bond acceptors (Lipinski definition) is 2. The number of nitrogens with one attached hydrogen (secondary N) is 1. The highest BCUT2D eigenvalue weighted by atomic mass is 35.5. The van der Waals surface area contributed by atoms with Crippen molar-refractivity contribution in [3.63, 3.8) is 0 Å². The SMILES string of the molecule is CS(=O)CCC(=O)NCC1(c2cccc(Cl)c2)CCCC1. The van der Waals surface area contributed by atoms with E-state index in [0.717, 1.165) is 17.9 Å². The van der Waals surface area contributed by atoms with Crippen molar-refractivity contribution >= 4 is 28.3 Å². The third kappa shape index (κ3) is 4.55. The Labute approximate surface area is 133 Å². The second-order valence-electron chi connectivity index (χ2n) is 5.80. The average Bonchev–Trinajstić information content (AvgIpc) is 2.93. The van der Waals surface area contributed by atoms with Crippen molar-refractivity contribution in [1.82, 2.24) is 5.32 Å². The summed E-state index contributed by atoms with van der Waals surface area (Å²) < 4.78 is 11.0. The number of amides is 1. The summed E-state index contributed by atoms with van der Waals surface area (Å²) in [6, 6.07) is 7.97. The summed E-state index contributed by atoms with van der Waals surface area (Å²) >= 11 is 6.11. The van der Waals surface area contributed by atoms with Crippen molar-refractivity contribution in [2.45, 2.75) is 37.5 Å². The Morgan fingerprint density at radius 2 is 2.10 bits per heavy atom. The third-order valence-corrected chi connectivity index (χ3v) is 5.25. The molecule has 0 aromatic heterocycles. The fourth-order valence-electron chi connectivity index (χ4n) is 3.03. The minimum atomic E-state index is -0.919. The van der Waals surface area contributed by atoms with Crippen LogP contribution in [0.5, 0.6) is 0 Å². The van der Waals surface area contributed by atoms with E-state index >= 15 is 0 Å². The van der Waals surface area contributed by atoms with E-state index in [-0.39, 0.29) is 11.3 Å². The van der Waals surface area contributed by atoms with Crippen LogP contribution in [0.3, 0.4) is 0 Å². The molecule has 21 heavy (non-hydrogen) atoms. The van der Waals surface area contributed by atoms with Crippen LogP contribution in [0.1, 0.15) is 37.7 Å². The van der Waals surface area contributed by atoms with E-state index in [1.54, 1.807) is 6.26 Å². The highest BCUT2D eigenvalue weighted by Crippen LogP contribution is 2.41. The second kappa shape index (κ2) is 7.41. The first-order valence-electron chi connectivity index (χ1n) is 7.35. The van der Waals surface area contributed by atoms with Gasteiger partial charge in [0.2, 0.25) is 5.91 Å². The number of carbonyl (C=O) groups excluding carboxylic acids is 1. The van der Waals surface area contributed by atoms with Crippen LogP contribution in [0, 0.1) is 0 Å². The van der Waals surface area contributed by atoms with E-state index in [4.69, 9.17) is 11.6 Å². The molecule has 0 radical (unpaired) electrons. The van der Waals surface area contributed by atoms with Crippen molar-refractivity contribution < 1.29 is 9.00 Å². The zero-order valence-corrected chi connectivity index (χ0v) is 13.9. The second-order valence-corrected chi connectivity index (χ2v) is 7.79. The minimum Gasteiger partial charge on any atom is -0.355 e. The first-order chi connectivity index (χ1) is 10.0. The molecule has 3 nitrogen and oxygen atoms in total. The van der Waals surface area contributed by atoms with Crippen LogP contribution in [-0.4, -0.2) is 28.7 Å². The first kappa shape index (κ1) is 16.5. The largest absolute Gasteiger partial charge is 0.355 e. The zero-order chi connectivity index (χ0) is 15.3. The first-order valence-corrected chi connectivity index (χ1v) is 9.45.